The van der Waals surface area contributed by atoms with Crippen LogP contribution in [-0.4, -0.2) is 28.3 Å². The molecule has 154 valence electrons. The standard InChI is InChI=1S/C23H23N3O4/c1-17(27)4-5-18-6-8-20(9-7-18)29-16-22(28)26-23-21(3-2-12-25-23)30-15-19-10-13-24-14-11-19/h2-3,6-14H,4-5,15-16H2,1H3,(H,25,26,28). The van der Waals surface area contributed by atoms with E-state index in [1.54, 1.807) is 49.8 Å². The number of benzene rings is 1. The molecule has 0 atom stereocenters. The maximum atomic E-state index is 12.3. The molecule has 2 heterocycles. The largest absolute Gasteiger partial charge is 0.485 e. The fourth-order valence-corrected chi connectivity index (χ4v) is 2.63. The Hall–Kier alpha value is -3.74. The van der Waals surface area contributed by atoms with Crippen molar-refractivity contribution in [3.8, 4) is 11.5 Å². The first-order chi connectivity index (χ1) is 14.6. The number of carbonyl (C=O) groups is 2. The fraction of sp³-hybridized carbons (Fsp3) is 0.217. The molecule has 3 rings (SSSR count). The van der Waals surface area contributed by atoms with E-state index in [4.69, 9.17) is 9.47 Å². The zero-order chi connectivity index (χ0) is 21.2. The van der Waals surface area contributed by atoms with Crippen molar-refractivity contribution in [1.82, 2.24) is 9.97 Å². The number of ether oxygens (including phenoxy) is 2. The lowest BCUT2D eigenvalue weighted by Gasteiger charge is -2.12. The van der Waals surface area contributed by atoms with E-state index in [0.29, 0.717) is 36.8 Å². The highest BCUT2D eigenvalue weighted by atomic mass is 16.5. The molecule has 0 fully saturated rings. The zero-order valence-electron chi connectivity index (χ0n) is 16.7. The van der Waals surface area contributed by atoms with Crippen LogP contribution in [0.25, 0.3) is 0 Å². The molecule has 0 saturated carbocycles. The number of carbonyl (C=O) groups excluding carboxylic acids is 2. The van der Waals surface area contributed by atoms with Gasteiger partial charge in [-0.2, -0.15) is 0 Å². The third-order valence-electron chi connectivity index (χ3n) is 4.23. The molecule has 7 nitrogen and oxygen atoms in total. The number of nitrogens with zero attached hydrogens (tertiary/aromatic N) is 2. The second kappa shape index (κ2) is 10.7. The molecule has 0 aliphatic carbocycles. The summed E-state index contributed by atoms with van der Waals surface area (Å²) in [6, 6.07) is 14.5. The molecule has 1 N–H and O–H groups in total. The molecule has 3 aromatic rings. The lowest BCUT2D eigenvalue weighted by atomic mass is 10.1. The molecule has 2 aromatic heterocycles. The minimum atomic E-state index is -0.344. The Morgan fingerprint density at radius 1 is 0.933 bits per heavy atom. The van der Waals surface area contributed by atoms with E-state index in [1.807, 2.05) is 24.3 Å². The molecule has 1 amide bonds. The number of hydrogen-bond acceptors (Lipinski definition) is 6. The van der Waals surface area contributed by atoms with Crippen molar-refractivity contribution >= 4 is 17.5 Å². The van der Waals surface area contributed by atoms with Gasteiger partial charge in [0.25, 0.3) is 5.91 Å². The van der Waals surface area contributed by atoms with Gasteiger partial charge in [0.2, 0.25) is 0 Å². The van der Waals surface area contributed by atoms with Gasteiger partial charge < -0.3 is 19.6 Å². The van der Waals surface area contributed by atoms with Crippen molar-refractivity contribution in [2.45, 2.75) is 26.4 Å². The number of aryl methyl sites for hydroxylation is 1. The van der Waals surface area contributed by atoms with Gasteiger partial charge in [-0.15, -0.1) is 0 Å². The van der Waals surface area contributed by atoms with Crippen LogP contribution in [0.1, 0.15) is 24.5 Å². The van der Waals surface area contributed by atoms with Crippen molar-refractivity contribution in [1.29, 1.82) is 0 Å². The quantitative estimate of drug-likeness (QED) is 0.554. The van der Waals surface area contributed by atoms with E-state index in [2.05, 4.69) is 15.3 Å². The average Bonchev–Trinajstić information content (AvgIpc) is 2.77. The van der Waals surface area contributed by atoms with Gasteiger partial charge >= 0.3 is 0 Å². The van der Waals surface area contributed by atoms with Crippen LogP contribution in [0.15, 0.2) is 67.1 Å². The summed E-state index contributed by atoms with van der Waals surface area (Å²) >= 11 is 0. The highest BCUT2D eigenvalue weighted by molar-refractivity contribution is 5.92. The van der Waals surface area contributed by atoms with Crippen LogP contribution in [0.4, 0.5) is 5.82 Å². The molecule has 0 saturated heterocycles. The monoisotopic (exact) mass is 405 g/mol. The molecule has 0 spiro atoms. The van der Waals surface area contributed by atoms with Crippen LogP contribution in [0.3, 0.4) is 0 Å². The number of pyridine rings is 2. The van der Waals surface area contributed by atoms with E-state index in [1.165, 1.54) is 0 Å². The van der Waals surface area contributed by atoms with Gasteiger partial charge in [0, 0.05) is 25.0 Å². The summed E-state index contributed by atoms with van der Waals surface area (Å²) in [4.78, 5) is 31.5. The van der Waals surface area contributed by atoms with Crippen LogP contribution in [-0.2, 0) is 22.6 Å². The number of Topliss-reactive ketones (excluding diaryl/α,β-unsaturated/α-hetero) is 1. The van der Waals surface area contributed by atoms with E-state index >= 15 is 0 Å². The van der Waals surface area contributed by atoms with Crippen molar-refractivity contribution in [3.63, 3.8) is 0 Å². The SMILES string of the molecule is CC(=O)CCc1ccc(OCC(=O)Nc2ncccc2OCc2ccncc2)cc1. The van der Waals surface area contributed by atoms with Gasteiger partial charge in [-0.3, -0.25) is 9.78 Å². The lowest BCUT2D eigenvalue weighted by molar-refractivity contribution is -0.118. The number of hydrogen-bond donors (Lipinski definition) is 1. The van der Waals surface area contributed by atoms with Gasteiger partial charge in [0.05, 0.1) is 0 Å². The van der Waals surface area contributed by atoms with Gasteiger partial charge in [-0.25, -0.2) is 4.98 Å². The Labute approximate surface area is 175 Å². The Morgan fingerprint density at radius 3 is 2.43 bits per heavy atom. The van der Waals surface area contributed by atoms with Gasteiger partial charge in [0.15, 0.2) is 18.2 Å². The molecular formula is C23H23N3O4. The molecule has 0 unspecified atom stereocenters. The third kappa shape index (κ3) is 6.70. The lowest BCUT2D eigenvalue weighted by Crippen LogP contribution is -2.21. The van der Waals surface area contributed by atoms with Crippen molar-refractivity contribution < 1.29 is 19.1 Å². The van der Waals surface area contributed by atoms with E-state index in [0.717, 1.165) is 11.1 Å². The predicted octanol–water partition coefficient (Wildman–Crippen LogP) is 3.59. The number of aromatic nitrogens is 2. The summed E-state index contributed by atoms with van der Waals surface area (Å²) in [6.07, 6.45) is 6.17. The van der Waals surface area contributed by atoms with Crippen molar-refractivity contribution in [2.24, 2.45) is 0 Å². The highest BCUT2D eigenvalue weighted by Gasteiger charge is 2.10. The second-order valence-corrected chi connectivity index (χ2v) is 6.68. The summed E-state index contributed by atoms with van der Waals surface area (Å²) in [5, 5.41) is 2.71. The van der Waals surface area contributed by atoms with Crippen LogP contribution in [0, 0.1) is 0 Å². The summed E-state index contributed by atoms with van der Waals surface area (Å²) in [5.74, 6) is 1.19. The molecule has 0 radical (unpaired) electrons. The van der Waals surface area contributed by atoms with Crippen LogP contribution < -0.4 is 14.8 Å². The zero-order valence-corrected chi connectivity index (χ0v) is 16.7. The molecule has 7 heteroatoms. The minimum absolute atomic E-state index is 0.158. The van der Waals surface area contributed by atoms with E-state index in [-0.39, 0.29) is 18.3 Å². The summed E-state index contributed by atoms with van der Waals surface area (Å²) in [5.41, 5.74) is 2.01. The van der Waals surface area contributed by atoms with E-state index < -0.39 is 0 Å². The molecule has 0 bridgehead atoms. The second-order valence-electron chi connectivity index (χ2n) is 6.68. The Morgan fingerprint density at radius 2 is 1.70 bits per heavy atom. The van der Waals surface area contributed by atoms with Crippen LogP contribution >= 0.6 is 0 Å². The Balaban J connectivity index is 1.50. The predicted molar refractivity (Wildman–Crippen MR) is 112 cm³/mol. The number of ketones is 1. The molecule has 30 heavy (non-hydrogen) atoms. The molecule has 1 aromatic carbocycles. The maximum absolute atomic E-state index is 12.3. The topological polar surface area (TPSA) is 90.4 Å². The third-order valence-corrected chi connectivity index (χ3v) is 4.23. The van der Waals surface area contributed by atoms with Crippen LogP contribution in [0.2, 0.25) is 0 Å². The summed E-state index contributed by atoms with van der Waals surface area (Å²) < 4.78 is 11.3. The van der Waals surface area contributed by atoms with Gasteiger partial charge in [-0.05, 0) is 60.9 Å². The van der Waals surface area contributed by atoms with E-state index in [9.17, 15) is 9.59 Å². The molecule has 0 aliphatic rings. The first-order valence-corrected chi connectivity index (χ1v) is 9.58. The number of rotatable bonds is 10. The highest BCUT2D eigenvalue weighted by Crippen LogP contribution is 2.22. The normalized spacial score (nSPS) is 10.3. The van der Waals surface area contributed by atoms with Crippen LogP contribution in [0.5, 0.6) is 11.5 Å². The Kier molecular flexibility index (Phi) is 7.49. The number of amides is 1. The molecule has 0 aliphatic heterocycles. The minimum Gasteiger partial charge on any atom is -0.485 e. The Bertz CT molecular complexity index is 975. The van der Waals surface area contributed by atoms with Crippen molar-refractivity contribution in [2.75, 3.05) is 11.9 Å². The fourth-order valence-electron chi connectivity index (χ4n) is 2.63. The van der Waals surface area contributed by atoms with Crippen molar-refractivity contribution in [3.05, 3.63) is 78.2 Å². The number of anilines is 1. The maximum Gasteiger partial charge on any atom is 0.263 e. The van der Waals surface area contributed by atoms with Gasteiger partial charge in [-0.1, -0.05) is 12.1 Å². The summed E-state index contributed by atoms with van der Waals surface area (Å²) in [6.45, 7) is 1.75. The smallest absolute Gasteiger partial charge is 0.263 e. The first kappa shape index (κ1) is 21.0. The first-order valence-electron chi connectivity index (χ1n) is 9.58. The average molecular weight is 405 g/mol. The summed E-state index contributed by atoms with van der Waals surface area (Å²) in [7, 11) is 0. The van der Waals surface area contributed by atoms with Gasteiger partial charge in [0.1, 0.15) is 18.1 Å². The molecular weight excluding hydrogens is 382 g/mol. The number of nitrogens with one attached hydrogen (secondary N) is 1.